The minimum absolute atomic E-state index is 0.0172. The second kappa shape index (κ2) is 6.90. The van der Waals surface area contributed by atoms with Crippen LogP contribution in [0.3, 0.4) is 0 Å². The molecule has 0 aliphatic carbocycles. The highest BCUT2D eigenvalue weighted by Crippen LogP contribution is 2.31. The summed E-state index contributed by atoms with van der Waals surface area (Å²) in [5.74, 6) is 1.29. The highest BCUT2D eigenvalue weighted by atomic mass is 16.5. The number of ether oxygens (including phenoxy) is 2. The number of rotatable bonds is 4. The first-order chi connectivity index (χ1) is 11.6. The van der Waals surface area contributed by atoms with Gasteiger partial charge < -0.3 is 14.4 Å². The van der Waals surface area contributed by atoms with Crippen LogP contribution in [0.25, 0.3) is 0 Å². The number of methoxy groups -OCH3 is 2. The Balaban J connectivity index is 1.83. The Morgan fingerprint density at radius 1 is 1.25 bits per heavy atom. The summed E-state index contributed by atoms with van der Waals surface area (Å²) >= 11 is 0. The molecule has 128 valence electrons. The van der Waals surface area contributed by atoms with Crippen molar-refractivity contribution in [3.63, 3.8) is 0 Å². The molecular formula is C17H22N4O3. The van der Waals surface area contributed by atoms with Crippen LogP contribution in [0, 0.1) is 6.92 Å². The molecule has 1 aliphatic rings. The van der Waals surface area contributed by atoms with Gasteiger partial charge in [0.1, 0.15) is 24.2 Å². The largest absolute Gasteiger partial charge is 0.496 e. The fraction of sp³-hybridized carbons (Fsp3) is 0.471. The molecule has 0 N–H and O–H groups in total. The standard InChI is InChI=1S/C17H22N4O3/c1-12-15(23-2)7-13(8-16(12)24-3)17(22)20-6-4-5-14(9-20)21-11-18-10-19-21/h7-8,10-11,14H,4-6,9H2,1-3H3. The summed E-state index contributed by atoms with van der Waals surface area (Å²) in [5, 5.41) is 4.20. The number of carbonyl (C=O) groups excluding carboxylic acids is 1. The van der Waals surface area contributed by atoms with E-state index in [-0.39, 0.29) is 11.9 Å². The zero-order chi connectivity index (χ0) is 17.1. The molecule has 1 saturated heterocycles. The molecule has 1 aromatic carbocycles. The van der Waals surface area contributed by atoms with E-state index in [1.54, 1.807) is 32.7 Å². The van der Waals surface area contributed by atoms with Gasteiger partial charge in [0.05, 0.1) is 20.3 Å². The second-order valence-corrected chi connectivity index (χ2v) is 5.93. The van der Waals surface area contributed by atoms with E-state index in [0.29, 0.717) is 23.6 Å². The Labute approximate surface area is 141 Å². The quantitative estimate of drug-likeness (QED) is 0.858. The number of hydrogen-bond acceptors (Lipinski definition) is 5. The van der Waals surface area contributed by atoms with Gasteiger partial charge in [-0.05, 0) is 31.9 Å². The van der Waals surface area contributed by atoms with E-state index in [2.05, 4.69) is 10.1 Å². The first kappa shape index (κ1) is 16.3. The lowest BCUT2D eigenvalue weighted by Gasteiger charge is -2.32. The second-order valence-electron chi connectivity index (χ2n) is 5.93. The van der Waals surface area contributed by atoms with Gasteiger partial charge in [-0.25, -0.2) is 9.67 Å². The summed E-state index contributed by atoms with van der Waals surface area (Å²) in [6.07, 6.45) is 5.16. The number of aromatic nitrogens is 3. The molecule has 2 aromatic rings. The third kappa shape index (κ3) is 3.06. The molecule has 1 amide bonds. The average Bonchev–Trinajstić information content (AvgIpc) is 3.16. The normalized spacial score (nSPS) is 17.6. The van der Waals surface area contributed by atoms with E-state index in [0.717, 1.165) is 24.9 Å². The van der Waals surface area contributed by atoms with Crippen molar-refractivity contribution in [1.82, 2.24) is 19.7 Å². The van der Waals surface area contributed by atoms with Gasteiger partial charge in [-0.15, -0.1) is 0 Å². The molecular weight excluding hydrogens is 308 g/mol. The minimum atomic E-state index is -0.0172. The maximum atomic E-state index is 12.9. The lowest BCUT2D eigenvalue weighted by atomic mass is 10.0. The molecule has 1 unspecified atom stereocenters. The van der Waals surface area contributed by atoms with Crippen molar-refractivity contribution >= 4 is 5.91 Å². The van der Waals surface area contributed by atoms with Crippen molar-refractivity contribution < 1.29 is 14.3 Å². The SMILES string of the molecule is COc1cc(C(=O)N2CCCC(n3cncn3)C2)cc(OC)c1C. The van der Waals surface area contributed by atoms with Gasteiger partial charge in [-0.1, -0.05) is 0 Å². The number of piperidine rings is 1. The Bertz CT molecular complexity index is 690. The van der Waals surface area contributed by atoms with E-state index < -0.39 is 0 Å². The lowest BCUT2D eigenvalue weighted by molar-refractivity contribution is 0.0672. The fourth-order valence-corrected chi connectivity index (χ4v) is 3.15. The predicted octanol–water partition coefficient (Wildman–Crippen LogP) is 2.08. The first-order valence-corrected chi connectivity index (χ1v) is 8.00. The molecule has 1 aromatic heterocycles. The van der Waals surface area contributed by atoms with Crippen molar-refractivity contribution in [2.75, 3.05) is 27.3 Å². The molecule has 0 bridgehead atoms. The van der Waals surface area contributed by atoms with Gasteiger partial charge in [-0.2, -0.15) is 5.10 Å². The maximum Gasteiger partial charge on any atom is 0.254 e. The summed E-state index contributed by atoms with van der Waals surface area (Å²) in [7, 11) is 3.19. The molecule has 3 rings (SSSR count). The zero-order valence-electron chi connectivity index (χ0n) is 14.2. The third-order valence-electron chi connectivity index (χ3n) is 4.49. The smallest absolute Gasteiger partial charge is 0.254 e. The maximum absolute atomic E-state index is 12.9. The van der Waals surface area contributed by atoms with Crippen LogP contribution in [0.5, 0.6) is 11.5 Å². The van der Waals surface area contributed by atoms with Gasteiger partial charge in [-0.3, -0.25) is 4.79 Å². The molecule has 0 saturated carbocycles. The number of hydrogen-bond donors (Lipinski definition) is 0. The van der Waals surface area contributed by atoms with Crippen molar-refractivity contribution in [2.24, 2.45) is 0 Å². The monoisotopic (exact) mass is 330 g/mol. The average molecular weight is 330 g/mol. The molecule has 1 atom stereocenters. The van der Waals surface area contributed by atoms with Crippen molar-refractivity contribution in [2.45, 2.75) is 25.8 Å². The van der Waals surface area contributed by atoms with E-state index in [4.69, 9.17) is 9.47 Å². The molecule has 7 nitrogen and oxygen atoms in total. The third-order valence-corrected chi connectivity index (χ3v) is 4.49. The fourth-order valence-electron chi connectivity index (χ4n) is 3.15. The van der Waals surface area contributed by atoms with Crippen LogP contribution in [-0.2, 0) is 0 Å². The summed E-state index contributed by atoms with van der Waals surface area (Å²) in [6.45, 7) is 3.27. The zero-order valence-corrected chi connectivity index (χ0v) is 14.2. The molecule has 24 heavy (non-hydrogen) atoms. The Kier molecular flexibility index (Phi) is 4.69. The molecule has 1 aliphatic heterocycles. The predicted molar refractivity (Wildman–Crippen MR) is 88.5 cm³/mol. The van der Waals surface area contributed by atoms with Crippen LogP contribution < -0.4 is 9.47 Å². The molecule has 0 radical (unpaired) electrons. The minimum Gasteiger partial charge on any atom is -0.496 e. The number of amides is 1. The molecule has 2 heterocycles. The number of carbonyl (C=O) groups is 1. The van der Waals surface area contributed by atoms with E-state index in [1.165, 1.54) is 6.33 Å². The van der Waals surface area contributed by atoms with E-state index in [9.17, 15) is 4.79 Å². The van der Waals surface area contributed by atoms with E-state index >= 15 is 0 Å². The van der Waals surface area contributed by atoms with Crippen LogP contribution in [-0.4, -0.2) is 52.9 Å². The number of nitrogens with zero attached hydrogens (tertiary/aromatic N) is 4. The Hall–Kier alpha value is -2.57. The van der Waals surface area contributed by atoms with Crippen molar-refractivity contribution in [3.8, 4) is 11.5 Å². The summed E-state index contributed by atoms with van der Waals surface area (Å²) in [4.78, 5) is 18.8. The molecule has 1 fully saturated rings. The summed E-state index contributed by atoms with van der Waals surface area (Å²) in [6, 6.07) is 3.72. The van der Waals surface area contributed by atoms with E-state index in [1.807, 2.05) is 16.5 Å². The number of likely N-dealkylation sites (tertiary alicyclic amines) is 1. The van der Waals surface area contributed by atoms with Gasteiger partial charge in [0, 0.05) is 24.2 Å². The van der Waals surface area contributed by atoms with Crippen LogP contribution in [0.1, 0.15) is 34.8 Å². The summed E-state index contributed by atoms with van der Waals surface area (Å²) < 4.78 is 12.6. The molecule has 0 spiro atoms. The highest BCUT2D eigenvalue weighted by Gasteiger charge is 2.27. The molecule has 7 heteroatoms. The number of benzene rings is 1. The van der Waals surface area contributed by atoms with Gasteiger partial charge >= 0.3 is 0 Å². The van der Waals surface area contributed by atoms with Crippen LogP contribution in [0.2, 0.25) is 0 Å². The van der Waals surface area contributed by atoms with Gasteiger partial charge in [0.15, 0.2) is 0 Å². The van der Waals surface area contributed by atoms with Crippen LogP contribution in [0.15, 0.2) is 24.8 Å². The topological polar surface area (TPSA) is 69.5 Å². The van der Waals surface area contributed by atoms with Crippen molar-refractivity contribution in [1.29, 1.82) is 0 Å². The first-order valence-electron chi connectivity index (χ1n) is 8.00. The lowest BCUT2D eigenvalue weighted by Crippen LogP contribution is -2.40. The Morgan fingerprint density at radius 3 is 2.54 bits per heavy atom. The van der Waals surface area contributed by atoms with Crippen molar-refractivity contribution in [3.05, 3.63) is 35.9 Å². The highest BCUT2D eigenvalue weighted by molar-refractivity contribution is 5.95. The van der Waals surface area contributed by atoms with Gasteiger partial charge in [0.25, 0.3) is 5.91 Å². The Morgan fingerprint density at radius 2 is 1.96 bits per heavy atom. The van der Waals surface area contributed by atoms with Gasteiger partial charge in [0.2, 0.25) is 0 Å². The van der Waals surface area contributed by atoms with Crippen LogP contribution >= 0.6 is 0 Å². The van der Waals surface area contributed by atoms with Crippen LogP contribution in [0.4, 0.5) is 0 Å². The summed E-state index contributed by atoms with van der Waals surface area (Å²) in [5.41, 5.74) is 1.46.